The predicted molar refractivity (Wildman–Crippen MR) is 123 cm³/mol. The van der Waals surface area contributed by atoms with Gasteiger partial charge >= 0.3 is 0 Å². The number of carbonyl (C=O) groups excluding carboxylic acids is 1. The van der Waals surface area contributed by atoms with Crippen molar-refractivity contribution >= 4 is 45.4 Å². The molecule has 4 rings (SSSR count). The number of hydrogen-bond donors (Lipinski definition) is 2. The number of methoxy groups -OCH3 is 1. The van der Waals surface area contributed by atoms with Gasteiger partial charge in [-0.2, -0.15) is 0 Å². The molecule has 150 valence electrons. The maximum Gasteiger partial charge on any atom is 0.255 e. The molecule has 0 saturated carbocycles. The van der Waals surface area contributed by atoms with E-state index in [1.165, 1.54) is 11.3 Å². The van der Waals surface area contributed by atoms with E-state index in [2.05, 4.69) is 15.6 Å². The van der Waals surface area contributed by atoms with Crippen molar-refractivity contribution in [2.75, 3.05) is 17.7 Å². The van der Waals surface area contributed by atoms with Crippen LogP contribution in [0.1, 0.15) is 10.4 Å². The van der Waals surface area contributed by atoms with Gasteiger partial charge in [0.25, 0.3) is 5.91 Å². The van der Waals surface area contributed by atoms with Crippen LogP contribution in [0.2, 0.25) is 5.02 Å². The van der Waals surface area contributed by atoms with E-state index >= 15 is 0 Å². The molecule has 4 aromatic rings. The van der Waals surface area contributed by atoms with Crippen LogP contribution in [0.3, 0.4) is 0 Å². The smallest absolute Gasteiger partial charge is 0.255 e. The molecule has 0 atom stereocenters. The first kappa shape index (κ1) is 19.9. The van der Waals surface area contributed by atoms with E-state index in [0.717, 1.165) is 22.1 Å². The van der Waals surface area contributed by atoms with Crippen LogP contribution in [-0.4, -0.2) is 18.0 Å². The zero-order valence-electron chi connectivity index (χ0n) is 16.1. The van der Waals surface area contributed by atoms with Crippen molar-refractivity contribution in [1.29, 1.82) is 0 Å². The number of ether oxygens (including phenoxy) is 1. The molecule has 0 spiro atoms. The monoisotopic (exact) mass is 435 g/mol. The van der Waals surface area contributed by atoms with Crippen LogP contribution in [0.4, 0.5) is 16.5 Å². The van der Waals surface area contributed by atoms with Gasteiger partial charge in [0.15, 0.2) is 5.13 Å². The molecule has 5 nitrogen and oxygen atoms in total. The van der Waals surface area contributed by atoms with E-state index in [-0.39, 0.29) is 5.91 Å². The lowest BCUT2D eigenvalue weighted by Crippen LogP contribution is -2.11. The van der Waals surface area contributed by atoms with Gasteiger partial charge in [0.05, 0.1) is 12.8 Å². The molecule has 3 aromatic carbocycles. The minimum atomic E-state index is -0.191. The van der Waals surface area contributed by atoms with E-state index in [1.54, 1.807) is 31.4 Å². The molecule has 1 heterocycles. The molecule has 0 radical (unpaired) electrons. The van der Waals surface area contributed by atoms with E-state index in [0.29, 0.717) is 22.0 Å². The molecule has 0 fully saturated rings. The topological polar surface area (TPSA) is 63.2 Å². The molecule has 0 aliphatic heterocycles. The second-order valence-corrected chi connectivity index (χ2v) is 7.73. The highest BCUT2D eigenvalue weighted by Crippen LogP contribution is 2.28. The summed E-state index contributed by atoms with van der Waals surface area (Å²) in [5, 5.41) is 9.58. The summed E-state index contributed by atoms with van der Waals surface area (Å²) in [5.41, 5.74) is 3.95. The van der Waals surface area contributed by atoms with Crippen molar-refractivity contribution in [2.24, 2.45) is 0 Å². The zero-order valence-corrected chi connectivity index (χ0v) is 17.6. The van der Waals surface area contributed by atoms with Crippen molar-refractivity contribution in [3.63, 3.8) is 0 Å². The largest absolute Gasteiger partial charge is 0.497 e. The molecule has 0 saturated heterocycles. The Balaban J connectivity index is 1.43. The third-order valence-electron chi connectivity index (χ3n) is 4.35. The molecule has 0 unspecified atom stereocenters. The Bertz CT molecular complexity index is 1180. The molecule has 1 amide bonds. The lowest BCUT2D eigenvalue weighted by Gasteiger charge is -2.07. The number of nitrogens with one attached hydrogen (secondary N) is 2. The van der Waals surface area contributed by atoms with E-state index < -0.39 is 0 Å². The minimum absolute atomic E-state index is 0.191. The fourth-order valence-corrected chi connectivity index (χ4v) is 3.78. The molecule has 0 bridgehead atoms. The van der Waals surface area contributed by atoms with Crippen LogP contribution in [0, 0.1) is 0 Å². The van der Waals surface area contributed by atoms with Crippen molar-refractivity contribution in [3.05, 3.63) is 88.8 Å². The lowest BCUT2D eigenvalue weighted by atomic mass is 10.1. The van der Waals surface area contributed by atoms with Gasteiger partial charge in [-0.15, -0.1) is 11.3 Å². The van der Waals surface area contributed by atoms with Gasteiger partial charge in [-0.25, -0.2) is 4.98 Å². The van der Waals surface area contributed by atoms with Gasteiger partial charge in [-0.05, 0) is 48.5 Å². The first-order valence-corrected chi connectivity index (χ1v) is 10.4. The molecule has 0 aliphatic carbocycles. The Morgan fingerprint density at radius 1 is 1.00 bits per heavy atom. The Morgan fingerprint density at radius 3 is 2.57 bits per heavy atom. The van der Waals surface area contributed by atoms with Crippen molar-refractivity contribution < 1.29 is 9.53 Å². The van der Waals surface area contributed by atoms with E-state index in [9.17, 15) is 4.79 Å². The predicted octanol–water partition coefficient (Wildman–Crippen LogP) is 6.47. The summed E-state index contributed by atoms with van der Waals surface area (Å²) in [5.74, 6) is 0.451. The number of rotatable bonds is 6. The van der Waals surface area contributed by atoms with Crippen LogP contribution < -0.4 is 15.4 Å². The first-order chi connectivity index (χ1) is 14.6. The Labute approximate surface area is 183 Å². The number of anilines is 3. The molecular formula is C23H18ClN3O2S. The fraction of sp³-hybridized carbons (Fsp3) is 0.0435. The highest BCUT2D eigenvalue weighted by molar-refractivity contribution is 7.14. The average Bonchev–Trinajstić information content (AvgIpc) is 3.22. The fourth-order valence-electron chi connectivity index (χ4n) is 2.85. The maximum absolute atomic E-state index is 12.4. The molecular weight excluding hydrogens is 418 g/mol. The summed E-state index contributed by atoms with van der Waals surface area (Å²) in [4.78, 5) is 17.1. The number of nitrogens with zero attached hydrogens (tertiary/aromatic N) is 1. The molecule has 7 heteroatoms. The minimum Gasteiger partial charge on any atom is -0.497 e. The van der Waals surface area contributed by atoms with Crippen molar-refractivity contribution in [3.8, 4) is 17.0 Å². The van der Waals surface area contributed by atoms with Crippen molar-refractivity contribution in [1.82, 2.24) is 4.98 Å². The van der Waals surface area contributed by atoms with Crippen LogP contribution in [0.15, 0.2) is 78.2 Å². The molecule has 2 N–H and O–H groups in total. The van der Waals surface area contributed by atoms with E-state index in [4.69, 9.17) is 16.3 Å². The van der Waals surface area contributed by atoms with Crippen LogP contribution in [0.5, 0.6) is 5.75 Å². The summed E-state index contributed by atoms with van der Waals surface area (Å²) >= 11 is 7.54. The van der Waals surface area contributed by atoms with Gasteiger partial charge in [-0.1, -0.05) is 35.9 Å². The second kappa shape index (κ2) is 8.98. The third-order valence-corrected chi connectivity index (χ3v) is 5.34. The van der Waals surface area contributed by atoms with Gasteiger partial charge < -0.3 is 15.4 Å². The van der Waals surface area contributed by atoms with Gasteiger partial charge in [0.1, 0.15) is 5.75 Å². The Kier molecular flexibility index (Phi) is 5.97. The molecule has 0 aliphatic rings. The normalized spacial score (nSPS) is 10.5. The summed E-state index contributed by atoms with van der Waals surface area (Å²) in [6.07, 6.45) is 0. The van der Waals surface area contributed by atoms with Crippen molar-refractivity contribution in [2.45, 2.75) is 0 Å². The van der Waals surface area contributed by atoms with Crippen LogP contribution in [0.25, 0.3) is 11.3 Å². The number of amides is 1. The zero-order chi connectivity index (χ0) is 20.9. The summed E-state index contributed by atoms with van der Waals surface area (Å²) < 4.78 is 5.17. The highest BCUT2D eigenvalue weighted by Gasteiger charge is 2.09. The summed E-state index contributed by atoms with van der Waals surface area (Å²) in [6.45, 7) is 0. The number of hydrogen-bond acceptors (Lipinski definition) is 5. The second-order valence-electron chi connectivity index (χ2n) is 6.44. The number of thiazole rings is 1. The first-order valence-electron chi connectivity index (χ1n) is 9.15. The lowest BCUT2D eigenvalue weighted by molar-refractivity contribution is 0.102. The average molecular weight is 436 g/mol. The van der Waals surface area contributed by atoms with Gasteiger partial charge in [0.2, 0.25) is 0 Å². The van der Waals surface area contributed by atoms with E-state index in [1.807, 2.05) is 53.9 Å². The quantitative estimate of drug-likeness (QED) is 0.364. The number of benzene rings is 3. The SMILES string of the molecule is COc1cccc(C(=O)Nc2ccc(-c3csc(Nc4cccc(Cl)c4)n3)cc2)c1. The van der Waals surface area contributed by atoms with Crippen LogP contribution >= 0.6 is 22.9 Å². The molecule has 1 aromatic heterocycles. The highest BCUT2D eigenvalue weighted by atomic mass is 35.5. The van der Waals surface area contributed by atoms with Gasteiger partial charge in [-0.3, -0.25) is 4.79 Å². The molecule has 30 heavy (non-hydrogen) atoms. The number of aromatic nitrogens is 1. The Hall–Kier alpha value is -3.35. The standard InChI is InChI=1S/C23H18ClN3O2S/c1-29-20-7-2-4-16(12-20)22(28)25-18-10-8-15(9-11-18)21-14-30-23(27-21)26-19-6-3-5-17(24)13-19/h2-14H,1H3,(H,25,28)(H,26,27). The Morgan fingerprint density at radius 2 is 1.80 bits per heavy atom. The number of halogens is 1. The summed E-state index contributed by atoms with van der Waals surface area (Å²) in [7, 11) is 1.57. The van der Waals surface area contributed by atoms with Gasteiger partial charge in [0, 0.05) is 32.9 Å². The van der Waals surface area contributed by atoms with Crippen LogP contribution in [-0.2, 0) is 0 Å². The summed E-state index contributed by atoms with van der Waals surface area (Å²) in [6, 6.07) is 22.1. The maximum atomic E-state index is 12.4. The number of carbonyl (C=O) groups is 1. The third kappa shape index (κ3) is 4.79.